The molecule has 2 heterocycles. The van der Waals surface area contributed by atoms with E-state index in [1.165, 1.54) is 0 Å². The minimum Gasteiger partial charge on any atom is -0.493 e. The molecule has 0 bridgehead atoms. The van der Waals surface area contributed by atoms with Crippen LogP contribution in [0.15, 0.2) is 12.1 Å². The van der Waals surface area contributed by atoms with Crippen molar-refractivity contribution in [3.05, 3.63) is 23.4 Å². The van der Waals surface area contributed by atoms with Crippen molar-refractivity contribution in [2.75, 3.05) is 32.2 Å². The molecule has 0 spiro atoms. The Morgan fingerprint density at radius 3 is 2.56 bits per heavy atom. The van der Waals surface area contributed by atoms with E-state index >= 15 is 0 Å². The number of anilines is 1. The Morgan fingerprint density at radius 1 is 1.19 bits per heavy atom. The lowest BCUT2D eigenvalue weighted by molar-refractivity contribution is 0.249. The van der Waals surface area contributed by atoms with Crippen LogP contribution in [0.2, 0.25) is 0 Å². The Kier molecular flexibility index (Phi) is 4.78. The second-order valence-electron chi connectivity index (χ2n) is 7.15. The molecule has 2 aromatic rings. The predicted octanol–water partition coefficient (Wildman–Crippen LogP) is 2.38. The van der Waals surface area contributed by atoms with Crippen LogP contribution >= 0.6 is 0 Å². The number of nitrogens with one attached hydrogen (secondary N) is 1. The molecular weight excluding hydrogens is 344 g/mol. The van der Waals surface area contributed by atoms with Gasteiger partial charge in [-0.2, -0.15) is 0 Å². The number of nitrogens with zero attached hydrogens (tertiary/aromatic N) is 2. The van der Waals surface area contributed by atoms with Crippen LogP contribution in [-0.4, -0.2) is 44.4 Å². The summed E-state index contributed by atoms with van der Waals surface area (Å²) in [6.45, 7) is 1.77. The first kappa shape index (κ1) is 17.9. The van der Waals surface area contributed by atoms with Gasteiger partial charge in [-0.1, -0.05) is 0 Å². The first-order chi connectivity index (χ1) is 13.1. The largest absolute Gasteiger partial charge is 0.493 e. The van der Waals surface area contributed by atoms with E-state index in [9.17, 15) is 4.79 Å². The SMILES string of the molecule is COc1cc2nc3c(c(N(C(N)=O)C4CCNCC4)c2cc1OC)CCC3. The fourth-order valence-corrected chi connectivity index (χ4v) is 4.38. The van der Waals surface area contributed by atoms with Gasteiger partial charge in [0.05, 0.1) is 25.4 Å². The number of carbonyl (C=O) groups excluding carboxylic acids is 1. The highest BCUT2D eigenvalue weighted by Gasteiger charge is 2.32. The number of nitrogens with two attached hydrogens (primary N) is 1. The molecule has 1 saturated heterocycles. The topological polar surface area (TPSA) is 89.7 Å². The van der Waals surface area contributed by atoms with Crippen LogP contribution in [0.25, 0.3) is 10.9 Å². The third kappa shape index (κ3) is 3.06. The molecular formula is C20H26N4O3. The number of pyridine rings is 1. The number of fused-ring (bicyclic) bond motifs is 2. The Morgan fingerprint density at radius 2 is 1.89 bits per heavy atom. The summed E-state index contributed by atoms with van der Waals surface area (Å²) >= 11 is 0. The fourth-order valence-electron chi connectivity index (χ4n) is 4.38. The van der Waals surface area contributed by atoms with Crippen LogP contribution in [0.4, 0.5) is 10.5 Å². The van der Waals surface area contributed by atoms with Gasteiger partial charge >= 0.3 is 6.03 Å². The summed E-state index contributed by atoms with van der Waals surface area (Å²) in [7, 11) is 3.23. The van der Waals surface area contributed by atoms with E-state index in [2.05, 4.69) is 5.32 Å². The number of methoxy groups -OCH3 is 2. The molecule has 1 aliphatic carbocycles. The van der Waals surface area contributed by atoms with Crippen LogP contribution in [0, 0.1) is 0 Å². The Hall–Kier alpha value is -2.54. The highest BCUT2D eigenvalue weighted by atomic mass is 16.5. The molecule has 7 heteroatoms. The summed E-state index contributed by atoms with van der Waals surface area (Å²) < 4.78 is 11.0. The minimum atomic E-state index is -0.404. The van der Waals surface area contributed by atoms with E-state index in [-0.39, 0.29) is 6.04 Å². The van der Waals surface area contributed by atoms with Crippen LogP contribution < -0.4 is 25.4 Å². The summed E-state index contributed by atoms with van der Waals surface area (Å²) in [5.41, 5.74) is 9.83. The Labute approximate surface area is 158 Å². The second kappa shape index (κ2) is 7.23. The molecule has 0 saturated carbocycles. The number of urea groups is 1. The molecule has 1 fully saturated rings. The van der Waals surface area contributed by atoms with E-state index in [0.717, 1.165) is 73.0 Å². The van der Waals surface area contributed by atoms with Gasteiger partial charge in [-0.25, -0.2) is 4.79 Å². The maximum absolute atomic E-state index is 12.6. The molecule has 4 rings (SSSR count). The lowest BCUT2D eigenvalue weighted by atomic mass is 9.99. The molecule has 0 atom stereocenters. The molecule has 1 aromatic heterocycles. The van der Waals surface area contributed by atoms with Gasteiger partial charge in [0.15, 0.2) is 11.5 Å². The molecule has 144 valence electrons. The van der Waals surface area contributed by atoms with Crippen molar-refractivity contribution in [3.8, 4) is 11.5 Å². The number of aromatic nitrogens is 1. The lowest BCUT2D eigenvalue weighted by Crippen LogP contribution is -2.49. The van der Waals surface area contributed by atoms with Crippen molar-refractivity contribution in [1.82, 2.24) is 10.3 Å². The first-order valence-electron chi connectivity index (χ1n) is 9.51. The normalized spacial score (nSPS) is 17.0. The van der Waals surface area contributed by atoms with Crippen molar-refractivity contribution in [1.29, 1.82) is 0 Å². The van der Waals surface area contributed by atoms with Gasteiger partial charge in [0.1, 0.15) is 0 Å². The van der Waals surface area contributed by atoms with Crippen LogP contribution in [0.3, 0.4) is 0 Å². The van der Waals surface area contributed by atoms with Crippen LogP contribution in [-0.2, 0) is 12.8 Å². The molecule has 27 heavy (non-hydrogen) atoms. The van der Waals surface area contributed by atoms with Gasteiger partial charge in [0.2, 0.25) is 0 Å². The van der Waals surface area contributed by atoms with Crippen molar-refractivity contribution in [3.63, 3.8) is 0 Å². The number of benzene rings is 1. The minimum absolute atomic E-state index is 0.0900. The molecule has 1 aliphatic heterocycles. The molecule has 7 nitrogen and oxygen atoms in total. The predicted molar refractivity (Wildman–Crippen MR) is 105 cm³/mol. The first-order valence-corrected chi connectivity index (χ1v) is 9.51. The quantitative estimate of drug-likeness (QED) is 0.862. The van der Waals surface area contributed by atoms with Gasteiger partial charge in [-0.05, 0) is 56.8 Å². The number of rotatable bonds is 4. The standard InChI is InChI=1S/C20H26N4O3/c1-26-17-10-14-16(11-18(17)27-2)23-15-5-3-4-13(15)19(14)24(20(21)25)12-6-8-22-9-7-12/h10-12,22H,3-9H2,1-2H3,(H2,21,25). The van der Waals surface area contributed by atoms with Crippen molar-refractivity contribution in [2.45, 2.75) is 38.1 Å². The number of hydrogen-bond acceptors (Lipinski definition) is 5. The summed E-state index contributed by atoms with van der Waals surface area (Å²) in [4.78, 5) is 19.2. The van der Waals surface area contributed by atoms with Crippen LogP contribution in [0.1, 0.15) is 30.5 Å². The van der Waals surface area contributed by atoms with Gasteiger partial charge < -0.3 is 20.5 Å². The third-order valence-corrected chi connectivity index (χ3v) is 5.64. The van der Waals surface area contributed by atoms with E-state index in [1.807, 2.05) is 12.1 Å². The lowest BCUT2D eigenvalue weighted by Gasteiger charge is -2.35. The molecule has 0 unspecified atom stereocenters. The maximum atomic E-state index is 12.6. The molecule has 2 aliphatic rings. The maximum Gasteiger partial charge on any atom is 0.319 e. The highest BCUT2D eigenvalue weighted by molar-refractivity contribution is 6.04. The number of aryl methyl sites for hydroxylation is 1. The summed E-state index contributed by atoms with van der Waals surface area (Å²) in [5, 5.41) is 4.25. The number of primary amides is 1. The van der Waals surface area contributed by atoms with Crippen molar-refractivity contribution >= 4 is 22.6 Å². The van der Waals surface area contributed by atoms with Crippen molar-refractivity contribution in [2.24, 2.45) is 5.73 Å². The zero-order valence-corrected chi connectivity index (χ0v) is 15.9. The number of hydrogen-bond donors (Lipinski definition) is 2. The fraction of sp³-hybridized carbons (Fsp3) is 0.500. The van der Waals surface area contributed by atoms with Crippen molar-refractivity contribution < 1.29 is 14.3 Å². The zero-order valence-electron chi connectivity index (χ0n) is 15.9. The average molecular weight is 370 g/mol. The molecule has 3 N–H and O–H groups in total. The van der Waals surface area contributed by atoms with Crippen LogP contribution in [0.5, 0.6) is 11.5 Å². The highest BCUT2D eigenvalue weighted by Crippen LogP contribution is 2.42. The second-order valence-corrected chi connectivity index (χ2v) is 7.15. The number of ether oxygens (including phenoxy) is 2. The summed E-state index contributed by atoms with van der Waals surface area (Å²) in [6, 6.07) is 3.50. The van der Waals surface area contributed by atoms with E-state index in [4.69, 9.17) is 20.2 Å². The van der Waals surface area contributed by atoms with Gasteiger partial charge in [-0.15, -0.1) is 0 Å². The Balaban J connectivity index is 1.97. The van der Waals surface area contributed by atoms with Gasteiger partial charge in [0.25, 0.3) is 0 Å². The van der Waals surface area contributed by atoms with E-state index in [0.29, 0.717) is 11.5 Å². The smallest absolute Gasteiger partial charge is 0.319 e. The third-order valence-electron chi connectivity index (χ3n) is 5.64. The van der Waals surface area contributed by atoms with E-state index < -0.39 is 6.03 Å². The Bertz CT molecular complexity index is 877. The summed E-state index contributed by atoms with van der Waals surface area (Å²) in [6.07, 6.45) is 4.64. The number of amides is 2. The van der Waals surface area contributed by atoms with Gasteiger partial charge in [0, 0.05) is 23.2 Å². The zero-order chi connectivity index (χ0) is 19.0. The van der Waals surface area contributed by atoms with E-state index in [1.54, 1.807) is 19.1 Å². The molecule has 1 aromatic carbocycles. The number of carbonyl (C=O) groups is 1. The average Bonchev–Trinajstić information content (AvgIpc) is 3.15. The monoisotopic (exact) mass is 370 g/mol. The summed E-state index contributed by atoms with van der Waals surface area (Å²) in [5.74, 6) is 1.26. The number of piperidine rings is 1. The van der Waals surface area contributed by atoms with Gasteiger partial charge in [-0.3, -0.25) is 9.88 Å². The molecule has 2 amide bonds. The molecule has 0 radical (unpaired) electrons.